The molecule has 1 aliphatic heterocycles. The Morgan fingerprint density at radius 1 is 1.28 bits per heavy atom. The van der Waals surface area contributed by atoms with Gasteiger partial charge in [-0.1, -0.05) is 57.2 Å². The van der Waals surface area contributed by atoms with Crippen molar-refractivity contribution in [2.45, 2.75) is 40.2 Å². The Labute approximate surface area is 173 Å². The Morgan fingerprint density at radius 2 is 2.03 bits per heavy atom. The van der Waals surface area contributed by atoms with Crippen molar-refractivity contribution in [2.75, 3.05) is 6.54 Å². The summed E-state index contributed by atoms with van der Waals surface area (Å²) in [5.41, 5.74) is 8.06. The number of hydrogen-bond acceptors (Lipinski definition) is 4. The highest BCUT2D eigenvalue weighted by Gasteiger charge is 2.34. The highest BCUT2D eigenvalue weighted by atomic mass is 16.5. The van der Waals surface area contributed by atoms with Crippen molar-refractivity contribution in [2.24, 2.45) is 11.3 Å². The first-order valence-electron chi connectivity index (χ1n) is 10.2. The Bertz CT molecular complexity index is 855. The number of carbonyl (C=O) groups is 1. The molecule has 0 radical (unpaired) electrons. The summed E-state index contributed by atoms with van der Waals surface area (Å²) in [4.78, 5) is 11.0. The molecule has 0 bridgehead atoms. The fourth-order valence-electron chi connectivity index (χ4n) is 3.87. The minimum absolute atomic E-state index is 0.115. The van der Waals surface area contributed by atoms with Crippen LogP contribution in [0.25, 0.3) is 6.08 Å². The molecule has 1 atom stereocenters. The van der Waals surface area contributed by atoms with Crippen molar-refractivity contribution >= 4 is 12.0 Å². The zero-order valence-electron chi connectivity index (χ0n) is 17.5. The van der Waals surface area contributed by atoms with Crippen molar-refractivity contribution in [3.63, 3.8) is 0 Å². The summed E-state index contributed by atoms with van der Waals surface area (Å²) in [7, 11) is 0. The Balaban J connectivity index is 1.54. The molecule has 154 valence electrons. The van der Waals surface area contributed by atoms with Gasteiger partial charge in [0, 0.05) is 35.3 Å². The second kappa shape index (κ2) is 9.25. The quantitative estimate of drug-likeness (QED) is 0.244. The molecule has 29 heavy (non-hydrogen) atoms. The molecule has 3 rings (SSSR count). The molecule has 0 saturated carbocycles. The number of benzene rings is 1. The minimum atomic E-state index is -0.535. The van der Waals surface area contributed by atoms with Crippen LogP contribution >= 0.6 is 0 Å². The molecule has 1 aliphatic carbocycles. The van der Waals surface area contributed by atoms with Gasteiger partial charge in [0.15, 0.2) is 0 Å². The average molecular weight is 394 g/mol. The molecular formula is C24H31N3O2. The van der Waals surface area contributed by atoms with Crippen LogP contribution in [0.5, 0.6) is 0 Å². The van der Waals surface area contributed by atoms with E-state index in [9.17, 15) is 4.79 Å². The van der Waals surface area contributed by atoms with E-state index in [1.807, 2.05) is 24.3 Å². The van der Waals surface area contributed by atoms with E-state index in [1.54, 1.807) is 11.6 Å². The number of hydroxylamine groups is 1. The zero-order chi connectivity index (χ0) is 20.9. The van der Waals surface area contributed by atoms with Crippen molar-refractivity contribution in [1.29, 1.82) is 0 Å². The molecule has 1 aromatic rings. The van der Waals surface area contributed by atoms with Crippen molar-refractivity contribution < 1.29 is 10.0 Å². The highest BCUT2D eigenvalue weighted by Crippen LogP contribution is 2.42. The maximum absolute atomic E-state index is 11.0. The van der Waals surface area contributed by atoms with Crippen LogP contribution in [0.2, 0.25) is 0 Å². The first-order chi connectivity index (χ1) is 13.9. The predicted molar refractivity (Wildman–Crippen MR) is 117 cm³/mol. The number of hydrogen-bond donors (Lipinski definition) is 4. The van der Waals surface area contributed by atoms with Crippen LogP contribution in [0.3, 0.4) is 0 Å². The largest absolute Gasteiger partial charge is 0.361 e. The van der Waals surface area contributed by atoms with E-state index in [0.29, 0.717) is 5.92 Å². The maximum atomic E-state index is 11.0. The lowest BCUT2D eigenvalue weighted by Crippen LogP contribution is -2.21. The molecule has 5 nitrogen and oxygen atoms in total. The summed E-state index contributed by atoms with van der Waals surface area (Å²) >= 11 is 0. The standard InChI is InChI=1S/C24H31N3O2/c1-24(2,3)23-20(19-6-4-5-7-21(19)26-23)14-15-25-16-18-10-8-17(9-11-18)12-13-22(28)27-29/h4-5,7-13,19,25-26,29H,6,14-16H2,1-3H3,(H,27,28)/b13-12+. The lowest BCUT2D eigenvalue weighted by Gasteiger charge is -2.23. The molecule has 2 aliphatic rings. The van der Waals surface area contributed by atoms with E-state index < -0.39 is 5.91 Å². The number of nitrogens with one attached hydrogen (secondary N) is 3. The van der Waals surface area contributed by atoms with Gasteiger partial charge in [0.05, 0.1) is 0 Å². The van der Waals surface area contributed by atoms with Crippen molar-refractivity contribution in [3.8, 4) is 0 Å². The van der Waals surface area contributed by atoms with Crippen molar-refractivity contribution in [3.05, 3.63) is 76.7 Å². The third-order valence-corrected chi connectivity index (χ3v) is 5.34. The van der Waals surface area contributed by atoms with Crippen LogP contribution in [0.15, 0.2) is 65.5 Å². The summed E-state index contributed by atoms with van der Waals surface area (Å²) in [5.74, 6) is -0.0363. The molecule has 1 aromatic carbocycles. The molecule has 1 heterocycles. The second-order valence-electron chi connectivity index (χ2n) is 8.59. The van der Waals surface area contributed by atoms with Crippen LogP contribution in [-0.2, 0) is 11.3 Å². The molecule has 0 aromatic heterocycles. The SMILES string of the molecule is CC(C)(C)C1=C(CCNCc2ccc(/C=C/C(=O)NO)cc2)C2CC=CC=C2N1. The van der Waals surface area contributed by atoms with Crippen LogP contribution in [0.4, 0.5) is 0 Å². The molecule has 5 heteroatoms. The van der Waals surface area contributed by atoms with Gasteiger partial charge in [0.25, 0.3) is 5.91 Å². The van der Waals surface area contributed by atoms with Crippen LogP contribution in [0.1, 0.15) is 44.7 Å². The third-order valence-electron chi connectivity index (χ3n) is 5.34. The molecule has 0 spiro atoms. The van der Waals surface area contributed by atoms with Gasteiger partial charge >= 0.3 is 0 Å². The van der Waals surface area contributed by atoms with E-state index >= 15 is 0 Å². The predicted octanol–water partition coefficient (Wildman–Crippen LogP) is 4.05. The number of carbonyl (C=O) groups excluding carboxylic acids is 1. The lowest BCUT2D eigenvalue weighted by atomic mass is 9.84. The van der Waals surface area contributed by atoms with Gasteiger partial charge in [-0.25, -0.2) is 5.48 Å². The summed E-state index contributed by atoms with van der Waals surface area (Å²) in [6.07, 6.45) is 11.7. The molecule has 4 N–H and O–H groups in total. The average Bonchev–Trinajstić information content (AvgIpc) is 3.09. The molecule has 1 amide bonds. The first kappa shape index (κ1) is 21.1. The summed E-state index contributed by atoms with van der Waals surface area (Å²) in [6, 6.07) is 8.02. The molecule has 1 unspecified atom stereocenters. The van der Waals surface area contributed by atoms with Crippen molar-refractivity contribution in [1.82, 2.24) is 16.1 Å². The van der Waals surface area contributed by atoms with E-state index in [0.717, 1.165) is 31.5 Å². The normalized spacial score (nSPS) is 18.6. The highest BCUT2D eigenvalue weighted by molar-refractivity contribution is 5.90. The number of amides is 1. The monoisotopic (exact) mass is 393 g/mol. The number of rotatable bonds is 7. The van der Waals surface area contributed by atoms with E-state index in [4.69, 9.17) is 5.21 Å². The lowest BCUT2D eigenvalue weighted by molar-refractivity contribution is -0.124. The van der Waals surface area contributed by atoms with Gasteiger partial charge < -0.3 is 10.6 Å². The Kier molecular flexibility index (Phi) is 6.72. The Morgan fingerprint density at radius 3 is 2.72 bits per heavy atom. The number of fused-ring (bicyclic) bond motifs is 1. The van der Waals surface area contributed by atoms with E-state index in [1.165, 1.54) is 28.6 Å². The smallest absolute Gasteiger partial charge is 0.267 e. The zero-order valence-corrected chi connectivity index (χ0v) is 17.5. The number of allylic oxidation sites excluding steroid dienone is 5. The van der Waals surface area contributed by atoms with Gasteiger partial charge in [-0.3, -0.25) is 10.0 Å². The molecule has 0 fully saturated rings. The maximum Gasteiger partial charge on any atom is 0.267 e. The second-order valence-corrected chi connectivity index (χ2v) is 8.59. The van der Waals surface area contributed by atoms with E-state index in [-0.39, 0.29) is 5.41 Å². The van der Waals surface area contributed by atoms with Gasteiger partial charge in [0.2, 0.25) is 0 Å². The fraction of sp³-hybridized carbons (Fsp3) is 0.375. The van der Waals surface area contributed by atoms with Crippen LogP contribution < -0.4 is 16.1 Å². The van der Waals surface area contributed by atoms with Gasteiger partial charge in [-0.2, -0.15) is 0 Å². The summed E-state index contributed by atoms with van der Waals surface area (Å²) in [6.45, 7) is 8.55. The van der Waals surface area contributed by atoms with Gasteiger partial charge in [-0.05, 0) is 48.2 Å². The van der Waals surface area contributed by atoms with Gasteiger partial charge in [0.1, 0.15) is 0 Å². The minimum Gasteiger partial charge on any atom is -0.361 e. The summed E-state index contributed by atoms with van der Waals surface area (Å²) < 4.78 is 0. The van der Waals surface area contributed by atoms with E-state index in [2.05, 4.69) is 49.6 Å². The van der Waals surface area contributed by atoms with Crippen LogP contribution in [-0.4, -0.2) is 17.7 Å². The topological polar surface area (TPSA) is 73.4 Å². The fourth-order valence-corrected chi connectivity index (χ4v) is 3.87. The first-order valence-corrected chi connectivity index (χ1v) is 10.2. The molecular weight excluding hydrogens is 362 g/mol. The third kappa shape index (κ3) is 5.46. The Hall–Kier alpha value is -2.63. The summed E-state index contributed by atoms with van der Waals surface area (Å²) in [5, 5.41) is 15.8. The van der Waals surface area contributed by atoms with Crippen LogP contribution in [0, 0.1) is 11.3 Å². The van der Waals surface area contributed by atoms with Gasteiger partial charge in [-0.15, -0.1) is 0 Å². The molecule has 0 saturated heterocycles.